The van der Waals surface area contributed by atoms with Crippen LogP contribution < -0.4 is 5.32 Å². The predicted octanol–water partition coefficient (Wildman–Crippen LogP) is 1.71. The third-order valence-electron chi connectivity index (χ3n) is 4.34. The van der Waals surface area contributed by atoms with Gasteiger partial charge >= 0.3 is 5.97 Å². The lowest BCUT2D eigenvalue weighted by molar-refractivity contribution is -0.142. The first-order chi connectivity index (χ1) is 12.3. The highest BCUT2D eigenvalue weighted by Gasteiger charge is 2.25. The highest BCUT2D eigenvalue weighted by molar-refractivity contribution is 7.89. The van der Waals surface area contributed by atoms with Gasteiger partial charge < -0.3 is 10.1 Å². The average molecular weight is 382 g/mol. The molecule has 0 aromatic heterocycles. The fourth-order valence-corrected chi connectivity index (χ4v) is 4.23. The van der Waals surface area contributed by atoms with Crippen molar-refractivity contribution in [2.45, 2.75) is 38.5 Å². The molecule has 1 amide bonds. The summed E-state index contributed by atoms with van der Waals surface area (Å²) in [6.07, 6.45) is 2.15. The van der Waals surface area contributed by atoms with E-state index in [0.29, 0.717) is 31.2 Å². The van der Waals surface area contributed by atoms with Crippen LogP contribution >= 0.6 is 0 Å². The zero-order valence-electron chi connectivity index (χ0n) is 15.4. The van der Waals surface area contributed by atoms with Gasteiger partial charge in [0.15, 0.2) is 0 Å². The smallest absolute Gasteiger partial charge is 0.325 e. The molecule has 0 aliphatic heterocycles. The second kappa shape index (κ2) is 8.64. The van der Waals surface area contributed by atoms with Gasteiger partial charge in [-0.3, -0.25) is 9.59 Å². The number of amides is 1. The van der Waals surface area contributed by atoms with Gasteiger partial charge in [-0.05, 0) is 43.4 Å². The van der Waals surface area contributed by atoms with Gasteiger partial charge in [0.1, 0.15) is 6.54 Å². The van der Waals surface area contributed by atoms with Crippen molar-refractivity contribution < 1.29 is 22.7 Å². The van der Waals surface area contributed by atoms with Crippen LogP contribution in [-0.4, -0.2) is 50.8 Å². The monoisotopic (exact) mass is 382 g/mol. The van der Waals surface area contributed by atoms with Crippen molar-refractivity contribution in [1.82, 2.24) is 9.62 Å². The maximum absolute atomic E-state index is 12.7. The Morgan fingerprint density at radius 3 is 2.46 bits per heavy atom. The summed E-state index contributed by atoms with van der Waals surface area (Å²) >= 11 is 0. The van der Waals surface area contributed by atoms with Crippen LogP contribution in [0, 0.1) is 12.8 Å². The van der Waals surface area contributed by atoms with Crippen LogP contribution in [-0.2, 0) is 19.6 Å². The van der Waals surface area contributed by atoms with Gasteiger partial charge in [-0.15, -0.1) is 0 Å². The first-order valence-corrected chi connectivity index (χ1v) is 10.3. The Morgan fingerprint density at radius 1 is 1.23 bits per heavy atom. The number of esters is 1. The van der Waals surface area contributed by atoms with E-state index in [1.54, 1.807) is 32.9 Å². The Morgan fingerprint density at radius 2 is 1.88 bits per heavy atom. The highest BCUT2D eigenvalue weighted by atomic mass is 32.2. The van der Waals surface area contributed by atoms with Crippen molar-refractivity contribution >= 4 is 21.9 Å². The van der Waals surface area contributed by atoms with E-state index in [1.807, 2.05) is 0 Å². The lowest BCUT2D eigenvalue weighted by atomic mass is 10.1. The van der Waals surface area contributed by atoms with Crippen molar-refractivity contribution in [3.8, 4) is 0 Å². The number of aryl methyl sites for hydroxylation is 1. The minimum absolute atomic E-state index is 0.102. The molecule has 0 bridgehead atoms. The third kappa shape index (κ3) is 5.04. The second-order valence-corrected chi connectivity index (χ2v) is 8.29. The molecule has 26 heavy (non-hydrogen) atoms. The van der Waals surface area contributed by atoms with Crippen molar-refractivity contribution in [1.29, 1.82) is 0 Å². The Bertz CT molecular complexity index is 768. The van der Waals surface area contributed by atoms with E-state index in [-0.39, 0.29) is 17.0 Å². The predicted molar refractivity (Wildman–Crippen MR) is 97.3 cm³/mol. The van der Waals surface area contributed by atoms with Gasteiger partial charge in [0.2, 0.25) is 10.0 Å². The zero-order valence-corrected chi connectivity index (χ0v) is 16.3. The highest BCUT2D eigenvalue weighted by Crippen LogP contribution is 2.28. The number of carbonyl (C=O) groups is 2. The molecule has 1 aromatic carbocycles. The number of carbonyl (C=O) groups excluding carboxylic acids is 2. The molecular weight excluding hydrogens is 356 g/mol. The van der Waals surface area contributed by atoms with Crippen molar-refractivity contribution in [2.75, 3.05) is 26.2 Å². The molecule has 1 aromatic rings. The molecule has 1 aliphatic carbocycles. The average Bonchev–Trinajstić information content (AvgIpc) is 3.43. The molecule has 7 nitrogen and oxygen atoms in total. The van der Waals surface area contributed by atoms with Gasteiger partial charge in [-0.25, -0.2) is 8.42 Å². The Hall–Kier alpha value is -1.93. The summed E-state index contributed by atoms with van der Waals surface area (Å²) in [5, 5.41) is 2.48. The van der Waals surface area contributed by atoms with E-state index < -0.39 is 21.9 Å². The van der Waals surface area contributed by atoms with Crippen molar-refractivity contribution in [3.63, 3.8) is 0 Å². The van der Waals surface area contributed by atoms with Crippen LogP contribution in [0.4, 0.5) is 0 Å². The van der Waals surface area contributed by atoms with Crippen LogP contribution in [0.15, 0.2) is 23.1 Å². The summed E-state index contributed by atoms with van der Waals surface area (Å²) in [6, 6.07) is 4.49. The van der Waals surface area contributed by atoms with Crippen LogP contribution in [0.5, 0.6) is 0 Å². The number of ether oxygens (including phenoxy) is 1. The van der Waals surface area contributed by atoms with Crippen LogP contribution in [0.3, 0.4) is 0 Å². The van der Waals surface area contributed by atoms with Gasteiger partial charge in [-0.2, -0.15) is 4.31 Å². The molecule has 2 rings (SSSR count). The first-order valence-electron chi connectivity index (χ1n) is 8.84. The maximum atomic E-state index is 12.7. The molecule has 144 valence electrons. The SMILES string of the molecule is CCN(CC)S(=O)(=O)c1cc(C(=O)NCC(=O)OCC2CC2)ccc1C. The lowest BCUT2D eigenvalue weighted by Gasteiger charge is -2.20. The summed E-state index contributed by atoms with van der Waals surface area (Å²) in [4.78, 5) is 24.0. The minimum Gasteiger partial charge on any atom is -0.464 e. The Balaban J connectivity index is 2.07. The summed E-state index contributed by atoms with van der Waals surface area (Å²) in [6.45, 7) is 6.07. The number of nitrogens with one attached hydrogen (secondary N) is 1. The lowest BCUT2D eigenvalue weighted by Crippen LogP contribution is -2.32. The molecule has 8 heteroatoms. The van der Waals surface area contributed by atoms with Crippen molar-refractivity contribution in [3.05, 3.63) is 29.3 Å². The van der Waals surface area contributed by atoms with E-state index in [9.17, 15) is 18.0 Å². The third-order valence-corrected chi connectivity index (χ3v) is 6.54. The van der Waals surface area contributed by atoms with Crippen LogP contribution in [0.1, 0.15) is 42.6 Å². The standard InChI is InChI=1S/C18H26N2O5S/c1-4-20(5-2)26(23,24)16-10-15(9-6-13(16)3)18(22)19-11-17(21)25-12-14-7-8-14/h6,9-10,14H,4-5,7-8,11-12H2,1-3H3,(H,19,22). The zero-order chi connectivity index (χ0) is 19.3. The molecule has 1 fully saturated rings. The number of rotatable bonds is 9. The molecule has 0 atom stereocenters. The second-order valence-electron chi connectivity index (χ2n) is 6.38. The van der Waals surface area contributed by atoms with Crippen LogP contribution in [0.25, 0.3) is 0 Å². The van der Waals surface area contributed by atoms with Gasteiger partial charge in [0.05, 0.1) is 11.5 Å². The number of benzene rings is 1. The maximum Gasteiger partial charge on any atom is 0.325 e. The summed E-state index contributed by atoms with van der Waals surface area (Å²) < 4.78 is 31.9. The molecule has 0 spiro atoms. The quantitative estimate of drug-likeness (QED) is 0.656. The Kier molecular flexibility index (Phi) is 6.77. The molecule has 0 unspecified atom stereocenters. The molecule has 1 N–H and O–H groups in total. The first kappa shape index (κ1) is 20.4. The van der Waals surface area contributed by atoms with Gasteiger partial charge in [0, 0.05) is 18.7 Å². The molecule has 0 saturated heterocycles. The molecule has 1 aliphatic rings. The molecular formula is C18H26N2O5S. The summed E-state index contributed by atoms with van der Waals surface area (Å²) in [5.41, 5.74) is 0.758. The molecule has 0 radical (unpaired) electrons. The number of nitrogens with zero attached hydrogens (tertiary/aromatic N) is 1. The summed E-state index contributed by atoms with van der Waals surface area (Å²) in [7, 11) is -3.67. The number of hydrogen-bond acceptors (Lipinski definition) is 5. The van der Waals surface area contributed by atoms with E-state index >= 15 is 0 Å². The molecule has 1 saturated carbocycles. The van der Waals surface area contributed by atoms with Gasteiger partial charge in [0.25, 0.3) is 5.91 Å². The largest absolute Gasteiger partial charge is 0.464 e. The summed E-state index contributed by atoms with van der Waals surface area (Å²) in [5.74, 6) is -0.544. The van der Waals surface area contributed by atoms with Crippen molar-refractivity contribution in [2.24, 2.45) is 5.92 Å². The van der Waals surface area contributed by atoms with E-state index in [4.69, 9.17) is 4.74 Å². The normalized spacial score (nSPS) is 14.3. The minimum atomic E-state index is -3.67. The fraction of sp³-hybridized carbons (Fsp3) is 0.556. The topological polar surface area (TPSA) is 92.8 Å². The molecule has 0 heterocycles. The van der Waals surface area contributed by atoms with Gasteiger partial charge in [-0.1, -0.05) is 19.9 Å². The number of sulfonamides is 1. The van der Waals surface area contributed by atoms with E-state index in [0.717, 1.165) is 12.8 Å². The van der Waals surface area contributed by atoms with E-state index in [2.05, 4.69) is 5.32 Å². The fourth-order valence-electron chi connectivity index (χ4n) is 2.52. The van der Waals surface area contributed by atoms with Crippen LogP contribution in [0.2, 0.25) is 0 Å². The van der Waals surface area contributed by atoms with E-state index in [1.165, 1.54) is 10.4 Å². The number of hydrogen-bond donors (Lipinski definition) is 1. The Labute approximate surface area is 154 Å².